The van der Waals surface area contributed by atoms with Crippen molar-refractivity contribution in [2.45, 2.75) is 26.2 Å². The van der Waals surface area contributed by atoms with Crippen LogP contribution in [0.1, 0.15) is 36.5 Å². The molecule has 1 rings (SSSR count). The lowest BCUT2D eigenvalue weighted by Crippen LogP contribution is -2.13. The first-order valence-electron chi connectivity index (χ1n) is 6.12. The molecule has 1 aromatic rings. The summed E-state index contributed by atoms with van der Waals surface area (Å²) < 4.78 is 9.88. The summed E-state index contributed by atoms with van der Waals surface area (Å²) in [5.74, 6) is -0.646. The SMILES string of the molecule is CCCCC(=O)OCCOC(=O)c1ccccc1. The van der Waals surface area contributed by atoms with Crippen molar-refractivity contribution in [3.63, 3.8) is 0 Å². The van der Waals surface area contributed by atoms with E-state index in [0.717, 1.165) is 12.8 Å². The van der Waals surface area contributed by atoms with Gasteiger partial charge < -0.3 is 9.47 Å². The lowest BCUT2D eigenvalue weighted by molar-refractivity contribution is -0.144. The summed E-state index contributed by atoms with van der Waals surface area (Å²) >= 11 is 0. The van der Waals surface area contributed by atoms with Crippen molar-refractivity contribution < 1.29 is 19.1 Å². The Labute approximate surface area is 107 Å². The maximum absolute atomic E-state index is 11.5. The smallest absolute Gasteiger partial charge is 0.338 e. The molecule has 0 aliphatic heterocycles. The normalized spacial score (nSPS) is 9.83. The second-order valence-electron chi connectivity index (χ2n) is 3.83. The van der Waals surface area contributed by atoms with E-state index in [9.17, 15) is 9.59 Å². The maximum atomic E-state index is 11.5. The average molecular weight is 250 g/mol. The van der Waals surface area contributed by atoms with Crippen LogP contribution in [-0.2, 0) is 14.3 Å². The zero-order valence-electron chi connectivity index (χ0n) is 10.6. The van der Waals surface area contributed by atoms with Gasteiger partial charge in [0, 0.05) is 6.42 Å². The average Bonchev–Trinajstić information content (AvgIpc) is 2.42. The largest absolute Gasteiger partial charge is 0.462 e. The van der Waals surface area contributed by atoms with Crippen molar-refractivity contribution in [3.05, 3.63) is 35.9 Å². The molecule has 0 saturated carbocycles. The molecule has 0 radical (unpaired) electrons. The molecule has 0 atom stereocenters. The molecule has 0 amide bonds. The summed E-state index contributed by atoms with van der Waals surface area (Å²) in [6.45, 7) is 2.21. The van der Waals surface area contributed by atoms with Crippen LogP contribution in [0.15, 0.2) is 30.3 Å². The Balaban J connectivity index is 2.15. The second-order valence-corrected chi connectivity index (χ2v) is 3.83. The van der Waals surface area contributed by atoms with Crippen molar-refractivity contribution in [2.24, 2.45) is 0 Å². The number of ether oxygens (including phenoxy) is 2. The molecule has 98 valence electrons. The summed E-state index contributed by atoms with van der Waals surface area (Å²) in [5.41, 5.74) is 0.495. The lowest BCUT2D eigenvalue weighted by Gasteiger charge is -2.06. The van der Waals surface area contributed by atoms with E-state index in [1.807, 2.05) is 13.0 Å². The third kappa shape index (κ3) is 5.48. The molecule has 0 unspecified atom stereocenters. The minimum Gasteiger partial charge on any atom is -0.462 e. The molecular formula is C14H18O4. The number of carbonyl (C=O) groups is 2. The van der Waals surface area contributed by atoms with Gasteiger partial charge in [-0.25, -0.2) is 4.79 Å². The Hall–Kier alpha value is -1.84. The monoisotopic (exact) mass is 250 g/mol. The highest BCUT2D eigenvalue weighted by Crippen LogP contribution is 2.01. The highest BCUT2D eigenvalue weighted by Gasteiger charge is 2.06. The van der Waals surface area contributed by atoms with Gasteiger partial charge in [0.05, 0.1) is 5.56 Å². The second kappa shape index (κ2) is 8.28. The van der Waals surface area contributed by atoms with E-state index in [-0.39, 0.29) is 19.2 Å². The van der Waals surface area contributed by atoms with Gasteiger partial charge >= 0.3 is 11.9 Å². The van der Waals surface area contributed by atoms with Crippen LogP contribution < -0.4 is 0 Å². The number of hydrogen-bond acceptors (Lipinski definition) is 4. The van der Waals surface area contributed by atoms with E-state index in [0.29, 0.717) is 12.0 Å². The Kier molecular flexibility index (Phi) is 6.54. The van der Waals surface area contributed by atoms with Crippen LogP contribution >= 0.6 is 0 Å². The Morgan fingerprint density at radius 2 is 1.72 bits per heavy atom. The van der Waals surface area contributed by atoms with Gasteiger partial charge in [-0.2, -0.15) is 0 Å². The minimum atomic E-state index is -0.403. The molecule has 0 aliphatic rings. The van der Waals surface area contributed by atoms with Gasteiger partial charge in [0.25, 0.3) is 0 Å². The molecule has 0 aromatic heterocycles. The Bertz CT molecular complexity index is 373. The van der Waals surface area contributed by atoms with Gasteiger partial charge in [0.2, 0.25) is 0 Å². The predicted octanol–water partition coefficient (Wildman–Crippen LogP) is 2.58. The Morgan fingerprint density at radius 3 is 2.39 bits per heavy atom. The molecule has 0 heterocycles. The molecule has 4 heteroatoms. The molecule has 0 saturated heterocycles. The zero-order valence-corrected chi connectivity index (χ0v) is 10.6. The summed E-state index contributed by atoms with van der Waals surface area (Å²) in [7, 11) is 0. The molecule has 4 nitrogen and oxygen atoms in total. The fourth-order valence-electron chi connectivity index (χ4n) is 1.34. The van der Waals surface area contributed by atoms with Crippen molar-refractivity contribution in [3.8, 4) is 0 Å². The first-order valence-corrected chi connectivity index (χ1v) is 6.12. The number of carbonyl (C=O) groups excluding carboxylic acids is 2. The standard InChI is InChI=1S/C14H18O4/c1-2-3-9-13(15)17-10-11-18-14(16)12-7-5-4-6-8-12/h4-8H,2-3,9-11H2,1H3. The van der Waals surface area contributed by atoms with Crippen molar-refractivity contribution in [2.75, 3.05) is 13.2 Å². The van der Waals surface area contributed by atoms with Gasteiger partial charge in [0.15, 0.2) is 0 Å². The third-order valence-electron chi connectivity index (χ3n) is 2.32. The molecular weight excluding hydrogens is 232 g/mol. The van der Waals surface area contributed by atoms with Crippen LogP contribution in [0.5, 0.6) is 0 Å². The summed E-state index contributed by atoms with van der Waals surface area (Å²) in [6.07, 6.45) is 2.20. The summed E-state index contributed by atoms with van der Waals surface area (Å²) in [4.78, 5) is 22.7. The fraction of sp³-hybridized carbons (Fsp3) is 0.429. The maximum Gasteiger partial charge on any atom is 0.338 e. The van der Waals surface area contributed by atoms with E-state index in [1.165, 1.54) is 0 Å². The van der Waals surface area contributed by atoms with Crippen LogP contribution in [0.25, 0.3) is 0 Å². The molecule has 0 N–H and O–H groups in total. The Morgan fingerprint density at radius 1 is 1.06 bits per heavy atom. The van der Waals surface area contributed by atoms with Gasteiger partial charge in [-0.1, -0.05) is 31.5 Å². The molecule has 1 aromatic carbocycles. The summed E-state index contributed by atoms with van der Waals surface area (Å²) in [5, 5.41) is 0. The van der Waals surface area contributed by atoms with Crippen molar-refractivity contribution in [1.82, 2.24) is 0 Å². The van der Waals surface area contributed by atoms with E-state index in [1.54, 1.807) is 24.3 Å². The topological polar surface area (TPSA) is 52.6 Å². The molecule has 0 spiro atoms. The lowest BCUT2D eigenvalue weighted by atomic mass is 10.2. The highest BCUT2D eigenvalue weighted by atomic mass is 16.6. The van der Waals surface area contributed by atoms with Gasteiger partial charge in [-0.05, 0) is 18.6 Å². The molecule has 0 bridgehead atoms. The summed E-state index contributed by atoms with van der Waals surface area (Å²) in [6, 6.07) is 8.71. The van der Waals surface area contributed by atoms with Crippen LogP contribution in [-0.4, -0.2) is 25.2 Å². The third-order valence-corrected chi connectivity index (χ3v) is 2.32. The number of hydrogen-bond donors (Lipinski definition) is 0. The van der Waals surface area contributed by atoms with Crippen molar-refractivity contribution in [1.29, 1.82) is 0 Å². The van der Waals surface area contributed by atoms with Gasteiger partial charge in [-0.15, -0.1) is 0 Å². The first kappa shape index (κ1) is 14.2. The molecule has 0 aliphatic carbocycles. The van der Waals surface area contributed by atoms with E-state index >= 15 is 0 Å². The first-order chi connectivity index (χ1) is 8.74. The number of unbranched alkanes of at least 4 members (excludes halogenated alkanes) is 1. The zero-order chi connectivity index (χ0) is 13.2. The van der Waals surface area contributed by atoms with E-state index < -0.39 is 5.97 Å². The predicted molar refractivity (Wildman–Crippen MR) is 67.2 cm³/mol. The van der Waals surface area contributed by atoms with Crippen molar-refractivity contribution >= 4 is 11.9 Å². The van der Waals surface area contributed by atoms with Gasteiger partial charge in [-0.3, -0.25) is 4.79 Å². The van der Waals surface area contributed by atoms with Crippen LogP contribution in [0.2, 0.25) is 0 Å². The van der Waals surface area contributed by atoms with Crippen LogP contribution in [0.3, 0.4) is 0 Å². The quantitative estimate of drug-likeness (QED) is 0.551. The molecule has 18 heavy (non-hydrogen) atoms. The molecule has 0 fully saturated rings. The van der Waals surface area contributed by atoms with E-state index in [4.69, 9.17) is 9.47 Å². The van der Waals surface area contributed by atoms with Gasteiger partial charge in [0.1, 0.15) is 13.2 Å². The van der Waals surface area contributed by atoms with Crippen LogP contribution in [0, 0.1) is 0 Å². The number of rotatable bonds is 7. The number of benzene rings is 1. The van der Waals surface area contributed by atoms with Crippen LogP contribution in [0.4, 0.5) is 0 Å². The highest BCUT2D eigenvalue weighted by molar-refractivity contribution is 5.89. The van der Waals surface area contributed by atoms with E-state index in [2.05, 4.69) is 0 Å². The minimum absolute atomic E-state index is 0.0889. The fourth-order valence-corrected chi connectivity index (χ4v) is 1.34. The number of esters is 2.